The molecule has 102 valence electrons. The molecule has 2 unspecified atom stereocenters. The maximum atomic E-state index is 12.0. The quantitative estimate of drug-likeness (QED) is 0.847. The Morgan fingerprint density at radius 3 is 2.42 bits per heavy atom. The van der Waals surface area contributed by atoms with Crippen molar-refractivity contribution in [2.75, 3.05) is 13.1 Å². The lowest BCUT2D eigenvalue weighted by Gasteiger charge is -2.36. The van der Waals surface area contributed by atoms with Crippen LogP contribution in [0.25, 0.3) is 0 Å². The number of aliphatic hydroxyl groups excluding tert-OH is 1. The number of phenolic OH excluding ortho intramolecular Hbond substituents is 1. The van der Waals surface area contributed by atoms with Gasteiger partial charge in [-0.2, -0.15) is 0 Å². The van der Waals surface area contributed by atoms with E-state index in [0.717, 1.165) is 31.4 Å². The highest BCUT2D eigenvalue weighted by molar-refractivity contribution is 5.81. The van der Waals surface area contributed by atoms with E-state index < -0.39 is 6.10 Å². The molecule has 1 amide bonds. The van der Waals surface area contributed by atoms with Gasteiger partial charge in [0.1, 0.15) is 5.75 Å². The Kier molecular flexibility index (Phi) is 3.19. The molecule has 0 aromatic heterocycles. The van der Waals surface area contributed by atoms with Gasteiger partial charge in [-0.05, 0) is 37.0 Å². The highest BCUT2D eigenvalue weighted by Crippen LogP contribution is 2.34. The fourth-order valence-electron chi connectivity index (χ4n) is 2.83. The highest BCUT2D eigenvalue weighted by atomic mass is 16.3. The molecule has 1 aromatic carbocycles. The molecule has 19 heavy (non-hydrogen) atoms. The molecule has 2 aliphatic rings. The number of piperidine rings is 1. The lowest BCUT2D eigenvalue weighted by atomic mass is 9.87. The Labute approximate surface area is 112 Å². The Balaban J connectivity index is 1.66. The number of nitrogens with zero attached hydrogens (tertiary/aromatic N) is 1. The first-order valence-electron chi connectivity index (χ1n) is 6.91. The van der Waals surface area contributed by atoms with Crippen molar-refractivity contribution < 1.29 is 15.0 Å². The molecule has 2 atom stereocenters. The second-order valence-corrected chi connectivity index (χ2v) is 5.61. The van der Waals surface area contributed by atoms with Crippen LogP contribution in [0.1, 0.15) is 30.7 Å². The number of carbonyl (C=O) groups excluding carboxylic acids is 1. The minimum Gasteiger partial charge on any atom is -0.508 e. The van der Waals surface area contributed by atoms with Crippen LogP contribution in [-0.4, -0.2) is 40.2 Å². The molecular weight excluding hydrogens is 242 g/mol. The smallest absolute Gasteiger partial charge is 0.225 e. The topological polar surface area (TPSA) is 60.8 Å². The summed E-state index contributed by atoms with van der Waals surface area (Å²) in [7, 11) is 0. The maximum absolute atomic E-state index is 12.0. The van der Waals surface area contributed by atoms with Crippen LogP contribution < -0.4 is 0 Å². The molecule has 4 nitrogen and oxygen atoms in total. The largest absolute Gasteiger partial charge is 0.508 e. The van der Waals surface area contributed by atoms with E-state index in [4.69, 9.17) is 0 Å². The number of likely N-dealkylation sites (tertiary alicyclic amines) is 1. The van der Waals surface area contributed by atoms with Crippen LogP contribution in [0.2, 0.25) is 0 Å². The van der Waals surface area contributed by atoms with E-state index in [1.165, 1.54) is 0 Å². The van der Waals surface area contributed by atoms with Gasteiger partial charge in [0.05, 0.1) is 6.10 Å². The molecule has 1 saturated heterocycles. The Morgan fingerprint density at radius 1 is 1.16 bits per heavy atom. The molecule has 0 radical (unpaired) electrons. The third kappa shape index (κ3) is 2.59. The molecule has 1 aliphatic carbocycles. The summed E-state index contributed by atoms with van der Waals surface area (Å²) >= 11 is 0. The normalized spacial score (nSPS) is 27.3. The molecule has 2 fully saturated rings. The first kappa shape index (κ1) is 12.5. The number of carbonyl (C=O) groups is 1. The number of rotatable bonds is 2. The van der Waals surface area contributed by atoms with Gasteiger partial charge in [0.25, 0.3) is 0 Å². The van der Waals surface area contributed by atoms with E-state index in [0.29, 0.717) is 6.54 Å². The SMILES string of the molecule is O=C(C1CC1)N1CCC(c2ccc(O)cc2)C(O)C1. The zero-order valence-corrected chi connectivity index (χ0v) is 10.8. The van der Waals surface area contributed by atoms with Crippen LogP contribution in [-0.2, 0) is 4.79 Å². The molecule has 1 aromatic rings. The second kappa shape index (κ2) is 4.85. The summed E-state index contributed by atoms with van der Waals surface area (Å²) in [6, 6.07) is 6.98. The van der Waals surface area contributed by atoms with Crippen molar-refractivity contribution in [1.29, 1.82) is 0 Å². The predicted octanol–water partition coefficient (Wildman–Crippen LogP) is 1.48. The Morgan fingerprint density at radius 2 is 1.84 bits per heavy atom. The Bertz CT molecular complexity index is 467. The third-order valence-corrected chi connectivity index (χ3v) is 4.14. The van der Waals surface area contributed by atoms with E-state index in [1.54, 1.807) is 17.0 Å². The van der Waals surface area contributed by atoms with Crippen LogP contribution in [0, 0.1) is 5.92 Å². The van der Waals surface area contributed by atoms with Gasteiger partial charge in [-0.25, -0.2) is 0 Å². The zero-order chi connectivity index (χ0) is 13.4. The molecule has 1 aliphatic heterocycles. The van der Waals surface area contributed by atoms with Crippen molar-refractivity contribution >= 4 is 5.91 Å². The molecule has 2 N–H and O–H groups in total. The van der Waals surface area contributed by atoms with Crippen LogP contribution in [0.3, 0.4) is 0 Å². The van der Waals surface area contributed by atoms with E-state index >= 15 is 0 Å². The minimum atomic E-state index is -0.513. The zero-order valence-electron chi connectivity index (χ0n) is 10.8. The van der Waals surface area contributed by atoms with Gasteiger partial charge < -0.3 is 15.1 Å². The average molecular weight is 261 g/mol. The van der Waals surface area contributed by atoms with Crippen molar-refractivity contribution in [3.8, 4) is 5.75 Å². The highest BCUT2D eigenvalue weighted by Gasteiger charge is 2.37. The summed E-state index contributed by atoms with van der Waals surface area (Å²) in [5.41, 5.74) is 1.03. The van der Waals surface area contributed by atoms with Gasteiger partial charge in [-0.15, -0.1) is 0 Å². The summed E-state index contributed by atoms with van der Waals surface area (Å²) in [6.07, 6.45) is 2.28. The lowest BCUT2D eigenvalue weighted by Crippen LogP contribution is -2.46. The number of hydrogen-bond acceptors (Lipinski definition) is 3. The van der Waals surface area contributed by atoms with Crippen LogP contribution >= 0.6 is 0 Å². The first-order valence-corrected chi connectivity index (χ1v) is 6.91. The lowest BCUT2D eigenvalue weighted by molar-refractivity contribution is -0.136. The van der Waals surface area contributed by atoms with Crippen LogP contribution in [0.4, 0.5) is 0 Å². The van der Waals surface area contributed by atoms with Gasteiger partial charge in [-0.1, -0.05) is 12.1 Å². The molecule has 3 rings (SSSR count). The van der Waals surface area contributed by atoms with E-state index in [2.05, 4.69) is 0 Å². The molecule has 0 spiro atoms. The van der Waals surface area contributed by atoms with Crippen LogP contribution in [0.15, 0.2) is 24.3 Å². The van der Waals surface area contributed by atoms with Crippen molar-refractivity contribution in [3.63, 3.8) is 0 Å². The fraction of sp³-hybridized carbons (Fsp3) is 0.533. The number of phenols is 1. The number of aromatic hydroxyl groups is 1. The van der Waals surface area contributed by atoms with Crippen molar-refractivity contribution in [2.24, 2.45) is 5.92 Å². The number of amides is 1. The summed E-state index contributed by atoms with van der Waals surface area (Å²) in [6.45, 7) is 1.15. The molecule has 1 saturated carbocycles. The van der Waals surface area contributed by atoms with Crippen molar-refractivity contribution in [1.82, 2.24) is 4.90 Å². The summed E-state index contributed by atoms with van der Waals surface area (Å²) in [5, 5.41) is 19.5. The van der Waals surface area contributed by atoms with E-state index in [1.807, 2.05) is 12.1 Å². The molecule has 0 bridgehead atoms. The van der Waals surface area contributed by atoms with Crippen molar-refractivity contribution in [2.45, 2.75) is 31.3 Å². The number of β-amino-alcohol motifs (C(OH)–C–C–N with tert-alkyl or cyclic N) is 1. The summed E-state index contributed by atoms with van der Waals surface area (Å²) in [5.74, 6) is 0.726. The molecule has 4 heteroatoms. The summed E-state index contributed by atoms with van der Waals surface area (Å²) < 4.78 is 0. The van der Waals surface area contributed by atoms with Crippen molar-refractivity contribution in [3.05, 3.63) is 29.8 Å². The maximum Gasteiger partial charge on any atom is 0.225 e. The Hall–Kier alpha value is -1.55. The van der Waals surface area contributed by atoms with E-state index in [-0.39, 0.29) is 23.5 Å². The van der Waals surface area contributed by atoms with E-state index in [9.17, 15) is 15.0 Å². The van der Waals surface area contributed by atoms with Crippen LogP contribution in [0.5, 0.6) is 5.75 Å². The van der Waals surface area contributed by atoms with Gasteiger partial charge >= 0.3 is 0 Å². The minimum absolute atomic E-state index is 0.0591. The van der Waals surface area contributed by atoms with Gasteiger partial charge in [0.15, 0.2) is 0 Å². The predicted molar refractivity (Wildman–Crippen MR) is 70.8 cm³/mol. The third-order valence-electron chi connectivity index (χ3n) is 4.14. The first-order chi connectivity index (χ1) is 9.15. The average Bonchev–Trinajstić information content (AvgIpc) is 3.23. The standard InChI is InChI=1S/C15H19NO3/c17-12-5-3-10(4-6-12)13-7-8-16(9-14(13)18)15(19)11-1-2-11/h3-6,11,13-14,17-18H,1-2,7-9H2. The molecular formula is C15H19NO3. The monoisotopic (exact) mass is 261 g/mol. The number of aliphatic hydroxyl groups is 1. The molecule has 1 heterocycles. The van der Waals surface area contributed by atoms with Gasteiger partial charge in [0.2, 0.25) is 5.91 Å². The number of hydrogen-bond donors (Lipinski definition) is 2. The van der Waals surface area contributed by atoms with Gasteiger partial charge in [0, 0.05) is 24.9 Å². The summed E-state index contributed by atoms with van der Waals surface area (Å²) in [4.78, 5) is 13.8. The number of benzene rings is 1. The van der Waals surface area contributed by atoms with Gasteiger partial charge in [-0.3, -0.25) is 4.79 Å². The fourth-order valence-corrected chi connectivity index (χ4v) is 2.83. The second-order valence-electron chi connectivity index (χ2n) is 5.61.